The van der Waals surface area contributed by atoms with Crippen molar-refractivity contribution in [1.82, 2.24) is 4.31 Å². The van der Waals surface area contributed by atoms with E-state index in [9.17, 15) is 8.42 Å². The Kier molecular flexibility index (Phi) is 2.81. The van der Waals surface area contributed by atoms with Crippen molar-refractivity contribution in [1.29, 1.82) is 5.26 Å². The second-order valence-electron chi connectivity index (χ2n) is 2.10. The highest BCUT2D eigenvalue weighted by Gasteiger charge is 2.21. The Hall–Kier alpha value is -0.600. The van der Waals surface area contributed by atoms with E-state index in [-0.39, 0.29) is 0 Å². The Morgan fingerprint density at radius 2 is 1.90 bits per heavy atom. The zero-order valence-corrected chi connectivity index (χ0v) is 7.01. The molecule has 0 spiro atoms. The van der Waals surface area contributed by atoms with Crippen molar-refractivity contribution in [2.75, 3.05) is 14.1 Å². The Bertz CT molecular complexity index is 237. The predicted octanol–water partition coefficient (Wildman–Crippen LogP) is -0.210. The molecule has 1 unspecified atom stereocenters. The average molecular weight is 162 g/mol. The third-order valence-electron chi connectivity index (χ3n) is 1.14. The van der Waals surface area contributed by atoms with E-state index < -0.39 is 15.3 Å². The fourth-order valence-corrected chi connectivity index (χ4v) is 1.15. The zero-order valence-electron chi connectivity index (χ0n) is 6.20. The molecule has 0 saturated carbocycles. The molecular formula is C5H10N2O2S. The molecule has 0 amide bonds. The molecule has 10 heavy (non-hydrogen) atoms. The summed E-state index contributed by atoms with van der Waals surface area (Å²) in [6, 6.07) is 1.66. The molecule has 0 aromatic heterocycles. The van der Waals surface area contributed by atoms with Crippen LogP contribution in [0.1, 0.15) is 6.92 Å². The van der Waals surface area contributed by atoms with Gasteiger partial charge in [0.05, 0.1) is 6.07 Å². The van der Waals surface area contributed by atoms with Gasteiger partial charge in [-0.15, -0.1) is 0 Å². The predicted molar refractivity (Wildman–Crippen MR) is 37.7 cm³/mol. The van der Waals surface area contributed by atoms with E-state index in [2.05, 4.69) is 0 Å². The molecule has 1 atom stereocenters. The van der Waals surface area contributed by atoms with Gasteiger partial charge in [0.25, 0.3) is 0 Å². The topological polar surface area (TPSA) is 61.2 Å². The molecule has 0 aliphatic heterocycles. The number of hydrogen-bond donors (Lipinski definition) is 0. The van der Waals surface area contributed by atoms with E-state index in [1.165, 1.54) is 21.0 Å². The lowest BCUT2D eigenvalue weighted by Gasteiger charge is -2.11. The summed E-state index contributed by atoms with van der Waals surface area (Å²) in [6.07, 6.45) is 0. The van der Waals surface area contributed by atoms with Crippen molar-refractivity contribution in [3.05, 3.63) is 0 Å². The van der Waals surface area contributed by atoms with E-state index in [1.807, 2.05) is 0 Å². The van der Waals surface area contributed by atoms with Gasteiger partial charge < -0.3 is 0 Å². The molecule has 58 valence electrons. The summed E-state index contributed by atoms with van der Waals surface area (Å²) >= 11 is 0. The van der Waals surface area contributed by atoms with Gasteiger partial charge in [0, 0.05) is 14.1 Å². The van der Waals surface area contributed by atoms with Crippen molar-refractivity contribution in [3.63, 3.8) is 0 Å². The summed E-state index contributed by atoms with van der Waals surface area (Å²) in [7, 11) is -0.543. The quantitative estimate of drug-likeness (QED) is 0.564. The number of sulfonamides is 1. The van der Waals surface area contributed by atoms with Gasteiger partial charge in [0.15, 0.2) is 5.25 Å². The van der Waals surface area contributed by atoms with E-state index in [4.69, 9.17) is 5.26 Å². The normalized spacial score (nSPS) is 14.7. The summed E-state index contributed by atoms with van der Waals surface area (Å²) in [5.74, 6) is 0. The number of nitriles is 1. The summed E-state index contributed by atoms with van der Waals surface area (Å²) < 4.78 is 23.0. The lowest BCUT2D eigenvalue weighted by molar-refractivity contribution is 0.516. The lowest BCUT2D eigenvalue weighted by Crippen LogP contribution is -2.30. The maximum atomic E-state index is 11.0. The second kappa shape index (κ2) is 2.99. The summed E-state index contributed by atoms with van der Waals surface area (Å²) in [5, 5.41) is 7.31. The molecular weight excluding hydrogens is 152 g/mol. The molecule has 0 N–H and O–H groups in total. The minimum Gasteiger partial charge on any atom is -0.211 e. The van der Waals surface area contributed by atoms with Crippen LogP contribution >= 0.6 is 0 Å². The molecule has 0 rings (SSSR count). The van der Waals surface area contributed by atoms with Gasteiger partial charge in [-0.1, -0.05) is 0 Å². The third kappa shape index (κ3) is 1.69. The van der Waals surface area contributed by atoms with E-state index in [1.54, 1.807) is 6.07 Å². The van der Waals surface area contributed by atoms with Crippen molar-refractivity contribution in [2.45, 2.75) is 12.2 Å². The monoisotopic (exact) mass is 162 g/mol. The second-order valence-corrected chi connectivity index (χ2v) is 4.57. The first-order valence-corrected chi connectivity index (χ1v) is 4.24. The van der Waals surface area contributed by atoms with Gasteiger partial charge in [0.1, 0.15) is 0 Å². The van der Waals surface area contributed by atoms with Crippen LogP contribution in [0.4, 0.5) is 0 Å². The van der Waals surface area contributed by atoms with Crippen LogP contribution < -0.4 is 0 Å². The summed E-state index contributed by atoms with van der Waals surface area (Å²) in [6.45, 7) is 1.36. The van der Waals surface area contributed by atoms with Crippen LogP contribution in [0.5, 0.6) is 0 Å². The van der Waals surface area contributed by atoms with Gasteiger partial charge in [-0.3, -0.25) is 0 Å². The van der Waals surface area contributed by atoms with Crippen LogP contribution in [0.3, 0.4) is 0 Å². The van der Waals surface area contributed by atoms with Crippen molar-refractivity contribution in [3.8, 4) is 6.07 Å². The van der Waals surface area contributed by atoms with Crippen LogP contribution in [-0.4, -0.2) is 32.1 Å². The molecule has 0 aromatic rings. The first kappa shape index (κ1) is 9.40. The van der Waals surface area contributed by atoms with Crippen molar-refractivity contribution < 1.29 is 8.42 Å². The molecule has 0 fully saturated rings. The molecule has 0 radical (unpaired) electrons. The average Bonchev–Trinajstić information content (AvgIpc) is 1.86. The Balaban J connectivity index is 4.64. The van der Waals surface area contributed by atoms with Gasteiger partial charge in [0.2, 0.25) is 10.0 Å². The molecule has 4 nitrogen and oxygen atoms in total. The third-order valence-corrected chi connectivity index (χ3v) is 3.15. The zero-order chi connectivity index (χ0) is 8.36. The Morgan fingerprint density at radius 3 is 2.00 bits per heavy atom. The van der Waals surface area contributed by atoms with Crippen LogP contribution in [0, 0.1) is 11.3 Å². The summed E-state index contributed by atoms with van der Waals surface area (Å²) in [5.41, 5.74) is 0. The first-order valence-electron chi connectivity index (χ1n) is 2.74. The van der Waals surface area contributed by atoms with Crippen molar-refractivity contribution in [2.24, 2.45) is 0 Å². The number of rotatable bonds is 2. The van der Waals surface area contributed by atoms with E-state index >= 15 is 0 Å². The van der Waals surface area contributed by atoms with Crippen molar-refractivity contribution >= 4 is 10.0 Å². The molecule has 0 aliphatic carbocycles. The Morgan fingerprint density at radius 1 is 1.50 bits per heavy atom. The SMILES string of the molecule is CC(C#N)S(=O)(=O)N(C)C. The van der Waals surface area contributed by atoms with Crippen LogP contribution in [0.25, 0.3) is 0 Å². The molecule has 0 heterocycles. The number of hydrogen-bond acceptors (Lipinski definition) is 3. The van der Waals surface area contributed by atoms with Crippen LogP contribution in [-0.2, 0) is 10.0 Å². The maximum absolute atomic E-state index is 11.0. The minimum atomic E-state index is -3.35. The van der Waals surface area contributed by atoms with Gasteiger partial charge in [-0.05, 0) is 6.92 Å². The lowest BCUT2D eigenvalue weighted by atomic mass is 10.5. The largest absolute Gasteiger partial charge is 0.229 e. The highest BCUT2D eigenvalue weighted by atomic mass is 32.2. The van der Waals surface area contributed by atoms with E-state index in [0.717, 1.165) is 4.31 Å². The maximum Gasteiger partial charge on any atom is 0.229 e. The van der Waals surface area contributed by atoms with Crippen LogP contribution in [0.15, 0.2) is 0 Å². The highest BCUT2D eigenvalue weighted by molar-refractivity contribution is 7.89. The molecule has 0 bridgehead atoms. The molecule has 0 saturated heterocycles. The minimum absolute atomic E-state index is 0.956. The van der Waals surface area contributed by atoms with E-state index in [0.29, 0.717) is 0 Å². The first-order chi connectivity index (χ1) is 4.42. The smallest absolute Gasteiger partial charge is 0.211 e. The fourth-order valence-electron chi connectivity index (χ4n) is 0.383. The Labute approximate surface area is 61.1 Å². The summed E-state index contributed by atoms with van der Waals surface area (Å²) in [4.78, 5) is 0. The van der Waals surface area contributed by atoms with Gasteiger partial charge in [-0.25, -0.2) is 12.7 Å². The molecule has 0 aliphatic rings. The van der Waals surface area contributed by atoms with Gasteiger partial charge >= 0.3 is 0 Å². The highest BCUT2D eigenvalue weighted by Crippen LogP contribution is 2.01. The standard InChI is InChI=1S/C5H10N2O2S/c1-5(4-6)10(8,9)7(2)3/h5H,1-3H3. The van der Waals surface area contributed by atoms with Gasteiger partial charge in [-0.2, -0.15) is 5.26 Å². The molecule has 5 heteroatoms. The number of nitrogens with zero attached hydrogens (tertiary/aromatic N) is 2. The van der Waals surface area contributed by atoms with Crippen LogP contribution in [0.2, 0.25) is 0 Å². The fraction of sp³-hybridized carbons (Fsp3) is 0.800. The molecule has 0 aromatic carbocycles.